The molecule has 1 heterocycles. The Bertz CT molecular complexity index is 867. The van der Waals surface area contributed by atoms with E-state index in [2.05, 4.69) is 20.8 Å². The summed E-state index contributed by atoms with van der Waals surface area (Å²) in [4.78, 5) is 23.6. The van der Waals surface area contributed by atoms with Crippen LogP contribution in [0.3, 0.4) is 0 Å². The van der Waals surface area contributed by atoms with Crippen LogP contribution in [-0.4, -0.2) is 43.9 Å². The van der Waals surface area contributed by atoms with Crippen molar-refractivity contribution in [2.24, 2.45) is 5.92 Å². The third-order valence-electron chi connectivity index (χ3n) is 5.58. The van der Waals surface area contributed by atoms with Gasteiger partial charge in [0.1, 0.15) is 12.4 Å². The van der Waals surface area contributed by atoms with E-state index in [1.54, 1.807) is 19.1 Å². The smallest absolute Gasteiger partial charge is 0.327 e. The van der Waals surface area contributed by atoms with Crippen LogP contribution in [-0.2, 0) is 20.9 Å². The molecule has 1 aliphatic rings. The molecule has 10 heteroatoms. The van der Waals surface area contributed by atoms with Crippen molar-refractivity contribution >= 4 is 11.9 Å². The molecule has 1 aliphatic carbocycles. The summed E-state index contributed by atoms with van der Waals surface area (Å²) in [5.41, 5.74) is 0.661. The Labute approximate surface area is 180 Å². The van der Waals surface area contributed by atoms with E-state index in [-0.39, 0.29) is 37.3 Å². The summed E-state index contributed by atoms with van der Waals surface area (Å²) in [6, 6.07) is 4.85. The van der Waals surface area contributed by atoms with Crippen molar-refractivity contribution in [3.63, 3.8) is 0 Å². The zero-order chi connectivity index (χ0) is 22.2. The number of hydrogen-bond donors (Lipinski definition) is 2. The molecule has 0 radical (unpaired) electrons. The number of aromatic nitrogens is 4. The summed E-state index contributed by atoms with van der Waals surface area (Å²) >= 11 is 0. The minimum Gasteiger partial charge on any atom is -0.481 e. The molecule has 31 heavy (non-hydrogen) atoms. The highest BCUT2D eigenvalue weighted by Gasteiger charge is 2.33. The van der Waals surface area contributed by atoms with Gasteiger partial charge in [-0.05, 0) is 53.8 Å². The normalized spacial score (nSPS) is 16.6. The lowest BCUT2D eigenvalue weighted by Crippen LogP contribution is -2.36. The Morgan fingerprint density at radius 2 is 1.97 bits per heavy atom. The molecule has 0 saturated heterocycles. The molecule has 1 saturated carbocycles. The van der Waals surface area contributed by atoms with Crippen molar-refractivity contribution in [2.75, 3.05) is 6.61 Å². The van der Waals surface area contributed by atoms with Gasteiger partial charge in [0, 0.05) is 6.04 Å². The Balaban J connectivity index is 1.91. The van der Waals surface area contributed by atoms with Crippen LogP contribution in [0.4, 0.5) is 4.39 Å². The lowest BCUT2D eigenvalue weighted by molar-refractivity contribution is -0.144. The summed E-state index contributed by atoms with van der Waals surface area (Å²) < 4.78 is 19.8. The van der Waals surface area contributed by atoms with Gasteiger partial charge in [0.2, 0.25) is 0 Å². The molecule has 168 valence electrons. The van der Waals surface area contributed by atoms with Crippen LogP contribution in [0.25, 0.3) is 0 Å². The van der Waals surface area contributed by atoms with Crippen LogP contribution < -0.4 is 5.32 Å². The number of carboxylic acids is 1. The van der Waals surface area contributed by atoms with E-state index in [1.807, 2.05) is 0 Å². The Morgan fingerprint density at radius 1 is 1.26 bits per heavy atom. The van der Waals surface area contributed by atoms with Crippen LogP contribution in [0, 0.1) is 11.7 Å². The van der Waals surface area contributed by atoms with E-state index < -0.39 is 18.0 Å². The third kappa shape index (κ3) is 6.30. The van der Waals surface area contributed by atoms with Gasteiger partial charge in [-0.25, -0.2) is 9.07 Å². The lowest BCUT2D eigenvalue weighted by Gasteiger charge is -2.33. The number of esters is 1. The summed E-state index contributed by atoms with van der Waals surface area (Å²) in [5.74, 6) is -1.16. The van der Waals surface area contributed by atoms with Crippen molar-refractivity contribution in [3.8, 4) is 0 Å². The van der Waals surface area contributed by atoms with Gasteiger partial charge >= 0.3 is 11.9 Å². The van der Waals surface area contributed by atoms with Gasteiger partial charge in [-0.1, -0.05) is 31.4 Å². The number of nitrogens with zero attached hydrogens (tertiary/aromatic N) is 4. The van der Waals surface area contributed by atoms with E-state index >= 15 is 0 Å². The number of benzene rings is 1. The van der Waals surface area contributed by atoms with E-state index in [0.717, 1.165) is 32.1 Å². The Morgan fingerprint density at radius 3 is 2.61 bits per heavy atom. The minimum atomic E-state index is -0.977. The first-order valence-corrected chi connectivity index (χ1v) is 10.6. The predicted molar refractivity (Wildman–Crippen MR) is 108 cm³/mol. The average Bonchev–Trinajstić information content (AvgIpc) is 3.20. The second kappa shape index (κ2) is 10.9. The number of hydrogen-bond acceptors (Lipinski definition) is 7. The number of tetrazole rings is 1. The summed E-state index contributed by atoms with van der Waals surface area (Å²) in [6.07, 6.45) is 4.95. The second-order valence-corrected chi connectivity index (χ2v) is 7.74. The fraction of sp³-hybridized carbons (Fsp3) is 0.571. The first kappa shape index (κ1) is 22.8. The molecule has 0 spiro atoms. The number of carboxylic acid groups (broad SMARTS) is 1. The third-order valence-corrected chi connectivity index (χ3v) is 5.58. The number of halogens is 1. The van der Waals surface area contributed by atoms with Crippen molar-refractivity contribution in [1.29, 1.82) is 0 Å². The standard InChI is InChI=1S/C21H28FN5O4/c1-2-31-19(30)13-27-21(24-25-26-27)20(15-6-4-3-5-7-15)23-17(12-18(28)29)14-8-10-16(22)11-9-14/h8-11,15,17,20,23H,2-7,12-13H2,1H3,(H,28,29). The number of carbonyl (C=O) groups excluding carboxylic acids is 1. The maximum Gasteiger partial charge on any atom is 0.327 e. The zero-order valence-electron chi connectivity index (χ0n) is 17.5. The number of ether oxygens (including phenoxy) is 1. The molecule has 0 aliphatic heterocycles. The van der Waals surface area contributed by atoms with E-state index in [0.29, 0.717) is 11.4 Å². The number of nitrogens with one attached hydrogen (secondary N) is 1. The van der Waals surface area contributed by atoms with Crippen LogP contribution >= 0.6 is 0 Å². The SMILES string of the molecule is CCOC(=O)Cn1nnnc1C(NC(CC(=O)O)c1ccc(F)cc1)C1CCCCC1. The maximum absolute atomic E-state index is 13.4. The topological polar surface area (TPSA) is 119 Å². The van der Waals surface area contributed by atoms with Crippen LogP contribution in [0.1, 0.15) is 68.9 Å². The van der Waals surface area contributed by atoms with E-state index in [4.69, 9.17) is 4.74 Å². The van der Waals surface area contributed by atoms with Crippen molar-refractivity contribution < 1.29 is 23.8 Å². The van der Waals surface area contributed by atoms with Crippen molar-refractivity contribution in [2.45, 2.75) is 64.1 Å². The summed E-state index contributed by atoms with van der Waals surface area (Å²) in [6.45, 7) is 1.86. The van der Waals surface area contributed by atoms with Gasteiger partial charge in [-0.3, -0.25) is 14.9 Å². The van der Waals surface area contributed by atoms with Gasteiger partial charge < -0.3 is 9.84 Å². The quantitative estimate of drug-likeness (QED) is 0.549. The molecule has 3 rings (SSSR count). The second-order valence-electron chi connectivity index (χ2n) is 7.74. The number of carbonyl (C=O) groups is 2. The van der Waals surface area contributed by atoms with E-state index in [1.165, 1.54) is 16.8 Å². The maximum atomic E-state index is 13.4. The number of rotatable bonds is 10. The molecule has 2 N–H and O–H groups in total. The highest BCUT2D eigenvalue weighted by molar-refractivity contribution is 5.69. The van der Waals surface area contributed by atoms with Gasteiger partial charge in [-0.15, -0.1) is 5.10 Å². The highest BCUT2D eigenvalue weighted by atomic mass is 19.1. The zero-order valence-corrected chi connectivity index (χ0v) is 17.5. The molecule has 1 fully saturated rings. The first-order chi connectivity index (χ1) is 15.0. The molecular weight excluding hydrogens is 405 g/mol. The van der Waals surface area contributed by atoms with Gasteiger partial charge in [0.25, 0.3) is 0 Å². The predicted octanol–water partition coefficient (Wildman–Crippen LogP) is 2.80. The molecule has 2 atom stereocenters. The highest BCUT2D eigenvalue weighted by Crippen LogP contribution is 2.36. The fourth-order valence-electron chi connectivity index (χ4n) is 4.12. The lowest BCUT2D eigenvalue weighted by atomic mass is 9.82. The average molecular weight is 433 g/mol. The van der Waals surface area contributed by atoms with Gasteiger partial charge in [-0.2, -0.15) is 0 Å². The van der Waals surface area contributed by atoms with Gasteiger partial charge in [0.05, 0.1) is 19.1 Å². The largest absolute Gasteiger partial charge is 0.481 e. The van der Waals surface area contributed by atoms with Crippen molar-refractivity contribution in [3.05, 3.63) is 41.5 Å². The van der Waals surface area contributed by atoms with Crippen molar-refractivity contribution in [1.82, 2.24) is 25.5 Å². The molecule has 9 nitrogen and oxygen atoms in total. The van der Waals surface area contributed by atoms with Crippen LogP contribution in [0.5, 0.6) is 0 Å². The fourth-order valence-corrected chi connectivity index (χ4v) is 4.12. The molecular formula is C21H28FN5O4. The summed E-state index contributed by atoms with van der Waals surface area (Å²) in [5, 5.41) is 24.8. The van der Waals surface area contributed by atoms with Crippen LogP contribution in [0.15, 0.2) is 24.3 Å². The first-order valence-electron chi connectivity index (χ1n) is 10.6. The number of aliphatic carboxylic acids is 1. The molecule has 1 aromatic carbocycles. The molecule has 0 amide bonds. The van der Waals surface area contributed by atoms with Gasteiger partial charge in [0.15, 0.2) is 5.82 Å². The molecule has 0 bridgehead atoms. The van der Waals surface area contributed by atoms with Crippen LogP contribution in [0.2, 0.25) is 0 Å². The molecule has 2 unspecified atom stereocenters. The monoisotopic (exact) mass is 433 g/mol. The van der Waals surface area contributed by atoms with E-state index in [9.17, 15) is 19.1 Å². The summed E-state index contributed by atoms with van der Waals surface area (Å²) in [7, 11) is 0. The molecule has 2 aromatic rings. The Kier molecular flexibility index (Phi) is 8.05. The minimum absolute atomic E-state index is 0.124. The molecule has 1 aromatic heterocycles. The Hall–Kier alpha value is -2.88.